The quantitative estimate of drug-likeness (QED) is 0.692. The first kappa shape index (κ1) is 8.71. The fourth-order valence-electron chi connectivity index (χ4n) is 1.90. The summed E-state index contributed by atoms with van der Waals surface area (Å²) in [6.07, 6.45) is 4.19. The minimum atomic E-state index is -0.0389. The van der Waals surface area contributed by atoms with Gasteiger partial charge in [0.25, 0.3) is 5.91 Å². The van der Waals surface area contributed by atoms with Crippen molar-refractivity contribution in [1.82, 2.24) is 4.98 Å². The van der Waals surface area contributed by atoms with E-state index in [0.29, 0.717) is 11.7 Å². The van der Waals surface area contributed by atoms with Gasteiger partial charge in [0.05, 0.1) is 0 Å². The van der Waals surface area contributed by atoms with E-state index in [2.05, 4.69) is 4.98 Å². The minimum absolute atomic E-state index is 0.0389. The molecule has 0 spiro atoms. The van der Waals surface area contributed by atoms with Crippen LogP contribution in [0.4, 0.5) is 5.82 Å². The van der Waals surface area contributed by atoms with Crippen molar-refractivity contribution in [1.29, 1.82) is 0 Å². The summed E-state index contributed by atoms with van der Waals surface area (Å²) in [5, 5.41) is 0. The van der Waals surface area contributed by atoms with Gasteiger partial charge in [-0.1, -0.05) is 0 Å². The van der Waals surface area contributed by atoms with E-state index < -0.39 is 0 Å². The average molecular weight is 204 g/mol. The second kappa shape index (κ2) is 2.95. The molecular formula is C11H12N2O2. The Morgan fingerprint density at radius 3 is 3.07 bits per heavy atom. The lowest BCUT2D eigenvalue weighted by Gasteiger charge is -2.26. The zero-order valence-electron chi connectivity index (χ0n) is 8.56. The lowest BCUT2D eigenvalue weighted by molar-refractivity contribution is -0.121. The summed E-state index contributed by atoms with van der Waals surface area (Å²) < 4.78 is 5.48. The number of nitrogens with zero attached hydrogens (tertiary/aromatic N) is 2. The summed E-state index contributed by atoms with van der Waals surface area (Å²) >= 11 is 0. The van der Waals surface area contributed by atoms with E-state index >= 15 is 0 Å². The Kier molecular flexibility index (Phi) is 1.71. The standard InChI is InChI=1S/C11H12N2O2/c1-13-9(14)6-15-10-8(7-2-3-7)4-5-12-11(10)13/h4-5,7H,2-3,6H2,1H3. The monoisotopic (exact) mass is 204 g/mol. The Hall–Kier alpha value is -1.58. The number of ether oxygens (including phenoxy) is 1. The Bertz CT molecular complexity index is 427. The number of fused-ring (bicyclic) bond motifs is 1. The Morgan fingerprint density at radius 2 is 2.33 bits per heavy atom. The van der Waals surface area contributed by atoms with Crippen LogP contribution in [0.1, 0.15) is 24.3 Å². The third-order valence-electron chi connectivity index (χ3n) is 2.97. The van der Waals surface area contributed by atoms with Crippen LogP contribution in [0.2, 0.25) is 0 Å². The van der Waals surface area contributed by atoms with E-state index in [1.165, 1.54) is 18.4 Å². The fraction of sp³-hybridized carbons (Fsp3) is 0.455. The zero-order chi connectivity index (χ0) is 10.4. The molecular weight excluding hydrogens is 192 g/mol. The van der Waals surface area contributed by atoms with Gasteiger partial charge in [-0.05, 0) is 24.8 Å². The first-order valence-electron chi connectivity index (χ1n) is 5.15. The third-order valence-corrected chi connectivity index (χ3v) is 2.97. The van der Waals surface area contributed by atoms with Gasteiger partial charge in [0, 0.05) is 18.8 Å². The molecule has 1 saturated carbocycles. The summed E-state index contributed by atoms with van der Waals surface area (Å²) in [4.78, 5) is 17.2. The van der Waals surface area contributed by atoms with Gasteiger partial charge in [-0.25, -0.2) is 4.98 Å². The van der Waals surface area contributed by atoms with Crippen molar-refractivity contribution in [2.75, 3.05) is 18.6 Å². The lowest BCUT2D eigenvalue weighted by atomic mass is 10.1. The number of amides is 1. The maximum atomic E-state index is 11.4. The first-order valence-corrected chi connectivity index (χ1v) is 5.15. The van der Waals surface area contributed by atoms with Crippen LogP contribution in [0.25, 0.3) is 0 Å². The van der Waals surface area contributed by atoms with Crippen molar-refractivity contribution in [3.63, 3.8) is 0 Å². The van der Waals surface area contributed by atoms with Crippen molar-refractivity contribution in [3.05, 3.63) is 17.8 Å². The lowest BCUT2D eigenvalue weighted by Crippen LogP contribution is -2.36. The summed E-state index contributed by atoms with van der Waals surface area (Å²) in [7, 11) is 1.74. The molecule has 1 aliphatic carbocycles. The molecule has 0 atom stereocenters. The number of anilines is 1. The van der Waals surface area contributed by atoms with Crippen LogP contribution < -0.4 is 9.64 Å². The van der Waals surface area contributed by atoms with Crippen LogP contribution in [0.15, 0.2) is 12.3 Å². The van der Waals surface area contributed by atoms with Crippen LogP contribution in [-0.4, -0.2) is 24.5 Å². The average Bonchev–Trinajstić information content (AvgIpc) is 3.07. The predicted octanol–water partition coefficient (Wildman–Crippen LogP) is 1.31. The molecule has 4 nitrogen and oxygen atoms in total. The number of rotatable bonds is 1. The SMILES string of the molecule is CN1C(=O)COc2c(C3CC3)ccnc21. The number of pyridine rings is 1. The molecule has 0 N–H and O–H groups in total. The number of carbonyl (C=O) groups excluding carboxylic acids is 1. The fourth-order valence-corrected chi connectivity index (χ4v) is 1.90. The third kappa shape index (κ3) is 1.28. The van der Waals surface area contributed by atoms with Gasteiger partial charge >= 0.3 is 0 Å². The molecule has 0 bridgehead atoms. The van der Waals surface area contributed by atoms with Gasteiger partial charge in [0.1, 0.15) is 0 Å². The van der Waals surface area contributed by atoms with E-state index in [4.69, 9.17) is 4.74 Å². The summed E-state index contributed by atoms with van der Waals surface area (Å²) in [5.74, 6) is 2.05. The molecule has 4 heteroatoms. The molecule has 1 fully saturated rings. The summed E-state index contributed by atoms with van der Waals surface area (Å²) in [6, 6.07) is 2.00. The second-order valence-electron chi connectivity index (χ2n) is 4.07. The molecule has 1 amide bonds. The van der Waals surface area contributed by atoms with Crippen LogP contribution in [0.5, 0.6) is 5.75 Å². The molecule has 0 radical (unpaired) electrons. The van der Waals surface area contributed by atoms with Crippen molar-refractivity contribution in [3.8, 4) is 5.75 Å². The number of aromatic nitrogens is 1. The summed E-state index contributed by atoms with van der Waals surface area (Å²) in [6.45, 7) is 0.134. The Labute approximate surface area is 87.9 Å². The van der Waals surface area contributed by atoms with E-state index in [1.807, 2.05) is 6.07 Å². The largest absolute Gasteiger partial charge is 0.480 e. The van der Waals surface area contributed by atoms with Crippen LogP contribution in [0, 0.1) is 0 Å². The van der Waals surface area contributed by atoms with Gasteiger partial charge in [0.2, 0.25) is 0 Å². The molecule has 2 aliphatic rings. The normalized spacial score (nSPS) is 19.8. The molecule has 3 rings (SSSR count). The molecule has 0 aromatic carbocycles. The van der Waals surface area contributed by atoms with Crippen molar-refractivity contribution in [2.24, 2.45) is 0 Å². The topological polar surface area (TPSA) is 42.4 Å². The number of hydrogen-bond acceptors (Lipinski definition) is 3. The van der Waals surface area contributed by atoms with E-state index in [0.717, 1.165) is 5.75 Å². The highest BCUT2D eigenvalue weighted by Crippen LogP contribution is 2.47. The molecule has 0 unspecified atom stereocenters. The Morgan fingerprint density at radius 1 is 1.53 bits per heavy atom. The molecule has 2 heterocycles. The predicted molar refractivity (Wildman–Crippen MR) is 55.1 cm³/mol. The van der Waals surface area contributed by atoms with Gasteiger partial charge in [-0.2, -0.15) is 0 Å². The van der Waals surface area contributed by atoms with Crippen LogP contribution in [0.3, 0.4) is 0 Å². The highest BCUT2D eigenvalue weighted by atomic mass is 16.5. The maximum Gasteiger partial charge on any atom is 0.265 e. The second-order valence-corrected chi connectivity index (χ2v) is 4.07. The summed E-state index contributed by atoms with van der Waals surface area (Å²) in [5.41, 5.74) is 1.21. The van der Waals surface area contributed by atoms with Gasteiger partial charge < -0.3 is 4.74 Å². The smallest absolute Gasteiger partial charge is 0.265 e. The number of likely N-dealkylation sites (N-methyl/N-ethyl adjacent to an activating group) is 1. The van der Waals surface area contributed by atoms with E-state index in [-0.39, 0.29) is 12.5 Å². The zero-order valence-corrected chi connectivity index (χ0v) is 8.56. The van der Waals surface area contributed by atoms with Crippen LogP contribution in [-0.2, 0) is 4.79 Å². The van der Waals surface area contributed by atoms with Gasteiger partial charge in [-0.15, -0.1) is 0 Å². The Balaban J connectivity index is 2.10. The number of carbonyl (C=O) groups is 1. The molecule has 1 aromatic rings. The first-order chi connectivity index (χ1) is 7.27. The highest BCUT2D eigenvalue weighted by Gasteiger charge is 2.32. The van der Waals surface area contributed by atoms with Crippen molar-refractivity contribution >= 4 is 11.7 Å². The molecule has 1 aliphatic heterocycles. The molecule has 78 valence electrons. The van der Waals surface area contributed by atoms with Crippen LogP contribution >= 0.6 is 0 Å². The van der Waals surface area contributed by atoms with Crippen molar-refractivity contribution < 1.29 is 9.53 Å². The molecule has 1 aromatic heterocycles. The van der Waals surface area contributed by atoms with Gasteiger partial charge in [-0.3, -0.25) is 9.69 Å². The maximum absolute atomic E-state index is 11.4. The molecule has 15 heavy (non-hydrogen) atoms. The molecule has 0 saturated heterocycles. The van der Waals surface area contributed by atoms with Crippen molar-refractivity contribution in [2.45, 2.75) is 18.8 Å². The minimum Gasteiger partial charge on any atom is -0.480 e. The van der Waals surface area contributed by atoms with E-state index in [1.54, 1.807) is 18.1 Å². The van der Waals surface area contributed by atoms with Gasteiger partial charge in [0.15, 0.2) is 18.2 Å². The van der Waals surface area contributed by atoms with E-state index in [9.17, 15) is 4.79 Å². The highest BCUT2D eigenvalue weighted by molar-refractivity contribution is 5.96. The number of hydrogen-bond donors (Lipinski definition) is 0.